The number of amides is 1. The number of nitrogens with one attached hydrogen (secondary N) is 1. The Morgan fingerprint density at radius 3 is 2.77 bits per heavy atom. The fourth-order valence-corrected chi connectivity index (χ4v) is 0.841. The number of benzene rings is 1. The van der Waals surface area contributed by atoms with Crippen molar-refractivity contribution >= 4 is 5.91 Å². The molecule has 4 heteroatoms. The third kappa shape index (κ3) is 2.66. The van der Waals surface area contributed by atoms with Crippen LogP contribution in [-0.4, -0.2) is 11.0 Å². The quantitative estimate of drug-likeness (QED) is 0.672. The summed E-state index contributed by atoms with van der Waals surface area (Å²) in [5.41, 5.74) is 3.05. The average molecular weight is 181 g/mol. The Morgan fingerprint density at radius 1 is 1.54 bits per heavy atom. The van der Waals surface area contributed by atoms with E-state index in [-0.39, 0.29) is 17.4 Å². The molecule has 0 heterocycles. The zero-order chi connectivity index (χ0) is 9.84. The highest BCUT2D eigenvalue weighted by molar-refractivity contribution is 5.71. The van der Waals surface area contributed by atoms with Gasteiger partial charge in [0.2, 0.25) is 5.91 Å². The van der Waals surface area contributed by atoms with Crippen LogP contribution in [0.3, 0.4) is 0 Å². The van der Waals surface area contributed by atoms with E-state index < -0.39 is 0 Å². The van der Waals surface area contributed by atoms with Crippen molar-refractivity contribution in [2.45, 2.75) is 13.8 Å². The molecule has 1 aromatic rings. The lowest BCUT2D eigenvalue weighted by Gasteiger charge is -2.06. The van der Waals surface area contributed by atoms with Gasteiger partial charge in [-0.25, -0.2) is 0 Å². The van der Waals surface area contributed by atoms with E-state index in [9.17, 15) is 9.90 Å². The van der Waals surface area contributed by atoms with Gasteiger partial charge in [-0.05, 0) is 24.6 Å². The van der Waals surface area contributed by atoms with Gasteiger partial charge < -0.3 is 9.94 Å². The molecule has 1 aromatic carbocycles. The fraction of sp³-hybridized carbons (Fsp3) is 0.222. The van der Waals surface area contributed by atoms with Crippen LogP contribution in [0.15, 0.2) is 18.2 Å². The molecule has 0 radical (unpaired) electrons. The van der Waals surface area contributed by atoms with Gasteiger partial charge in [-0.3, -0.25) is 4.79 Å². The maximum atomic E-state index is 10.5. The SMILES string of the molecule is CC(=O)NOc1ccc(C)cc1O. The van der Waals surface area contributed by atoms with Crippen LogP contribution in [0.5, 0.6) is 11.5 Å². The first kappa shape index (κ1) is 9.38. The first-order valence-corrected chi connectivity index (χ1v) is 3.82. The lowest BCUT2D eigenvalue weighted by atomic mass is 10.2. The molecular weight excluding hydrogens is 170 g/mol. The summed E-state index contributed by atoms with van der Waals surface area (Å²) in [4.78, 5) is 15.3. The van der Waals surface area contributed by atoms with Crippen molar-refractivity contribution in [2.24, 2.45) is 0 Å². The van der Waals surface area contributed by atoms with Crippen molar-refractivity contribution in [1.29, 1.82) is 0 Å². The topological polar surface area (TPSA) is 58.6 Å². The Labute approximate surface area is 76.1 Å². The number of hydroxylamine groups is 1. The number of phenols is 1. The first-order valence-electron chi connectivity index (χ1n) is 3.82. The van der Waals surface area contributed by atoms with Gasteiger partial charge in [-0.1, -0.05) is 6.07 Å². The Bertz CT molecular complexity index is 323. The fourth-order valence-electron chi connectivity index (χ4n) is 0.841. The number of aromatic hydroxyl groups is 1. The summed E-state index contributed by atoms with van der Waals surface area (Å²) >= 11 is 0. The van der Waals surface area contributed by atoms with Gasteiger partial charge in [-0.15, -0.1) is 0 Å². The number of phenolic OH excluding ortho intramolecular Hbond substituents is 1. The molecule has 0 aliphatic heterocycles. The van der Waals surface area contributed by atoms with Crippen molar-refractivity contribution in [3.63, 3.8) is 0 Å². The second-order valence-corrected chi connectivity index (χ2v) is 2.73. The summed E-state index contributed by atoms with van der Waals surface area (Å²) in [6, 6.07) is 4.91. The van der Waals surface area contributed by atoms with E-state index >= 15 is 0 Å². The number of aryl methyl sites for hydroxylation is 1. The number of hydrogen-bond acceptors (Lipinski definition) is 3. The van der Waals surface area contributed by atoms with E-state index in [4.69, 9.17) is 4.84 Å². The minimum absolute atomic E-state index is 0.00810. The second kappa shape index (κ2) is 3.80. The molecule has 1 rings (SSSR count). The zero-order valence-electron chi connectivity index (χ0n) is 7.50. The highest BCUT2D eigenvalue weighted by Gasteiger charge is 2.02. The van der Waals surface area contributed by atoms with Crippen LogP contribution in [0.4, 0.5) is 0 Å². The normalized spacial score (nSPS) is 9.38. The maximum Gasteiger partial charge on any atom is 0.249 e. The van der Waals surface area contributed by atoms with Gasteiger partial charge in [-0.2, -0.15) is 5.48 Å². The Balaban J connectivity index is 2.72. The van der Waals surface area contributed by atoms with Crippen LogP contribution in [0, 0.1) is 6.92 Å². The van der Waals surface area contributed by atoms with Crippen LogP contribution in [0.25, 0.3) is 0 Å². The van der Waals surface area contributed by atoms with Gasteiger partial charge >= 0.3 is 0 Å². The molecule has 1 amide bonds. The van der Waals surface area contributed by atoms with Crippen molar-refractivity contribution in [3.8, 4) is 11.5 Å². The van der Waals surface area contributed by atoms with E-state index in [1.807, 2.05) is 6.92 Å². The third-order valence-electron chi connectivity index (χ3n) is 1.42. The zero-order valence-corrected chi connectivity index (χ0v) is 7.50. The molecule has 4 nitrogen and oxygen atoms in total. The van der Waals surface area contributed by atoms with E-state index in [1.54, 1.807) is 18.2 Å². The predicted octanol–water partition coefficient (Wildman–Crippen LogP) is 1.13. The highest BCUT2D eigenvalue weighted by Crippen LogP contribution is 2.25. The monoisotopic (exact) mass is 181 g/mol. The first-order chi connectivity index (χ1) is 6.09. The van der Waals surface area contributed by atoms with Crippen LogP contribution in [0.2, 0.25) is 0 Å². The standard InChI is InChI=1S/C9H11NO3/c1-6-3-4-9(8(12)5-6)13-10-7(2)11/h3-5,12H,1-2H3,(H,10,11). The van der Waals surface area contributed by atoms with E-state index in [0.29, 0.717) is 0 Å². The molecule has 0 aliphatic carbocycles. The minimum atomic E-state index is -0.319. The molecule has 0 atom stereocenters. The second-order valence-electron chi connectivity index (χ2n) is 2.73. The molecule has 13 heavy (non-hydrogen) atoms. The Kier molecular flexibility index (Phi) is 2.74. The number of carbonyl (C=O) groups is 1. The third-order valence-corrected chi connectivity index (χ3v) is 1.42. The van der Waals surface area contributed by atoms with Gasteiger partial charge in [0.15, 0.2) is 11.5 Å². The van der Waals surface area contributed by atoms with Crippen molar-refractivity contribution in [1.82, 2.24) is 5.48 Å². The maximum absolute atomic E-state index is 10.5. The molecule has 2 N–H and O–H groups in total. The van der Waals surface area contributed by atoms with Crippen LogP contribution in [0.1, 0.15) is 12.5 Å². The van der Waals surface area contributed by atoms with Gasteiger partial charge in [0.25, 0.3) is 0 Å². The summed E-state index contributed by atoms with van der Waals surface area (Å²) in [5, 5.41) is 9.33. The number of carbonyl (C=O) groups excluding carboxylic acids is 1. The summed E-state index contributed by atoms with van der Waals surface area (Å²) in [6.07, 6.45) is 0. The van der Waals surface area contributed by atoms with Crippen molar-refractivity contribution in [2.75, 3.05) is 0 Å². The van der Waals surface area contributed by atoms with Gasteiger partial charge in [0, 0.05) is 6.92 Å². The molecule has 0 aromatic heterocycles. The Hall–Kier alpha value is -1.71. The molecule has 0 fully saturated rings. The van der Waals surface area contributed by atoms with Gasteiger partial charge in [0.1, 0.15) is 0 Å². The lowest BCUT2D eigenvalue weighted by Crippen LogP contribution is -2.23. The van der Waals surface area contributed by atoms with Crippen LogP contribution < -0.4 is 10.3 Å². The van der Waals surface area contributed by atoms with E-state index in [1.165, 1.54) is 6.92 Å². The highest BCUT2D eigenvalue weighted by atomic mass is 16.7. The Morgan fingerprint density at radius 2 is 2.23 bits per heavy atom. The summed E-state index contributed by atoms with van der Waals surface area (Å²) < 4.78 is 0. The number of hydrogen-bond donors (Lipinski definition) is 2. The summed E-state index contributed by atoms with van der Waals surface area (Å²) in [6.45, 7) is 3.17. The molecule has 0 aliphatic rings. The molecule has 0 spiro atoms. The van der Waals surface area contributed by atoms with Crippen LogP contribution in [-0.2, 0) is 4.79 Å². The van der Waals surface area contributed by atoms with Crippen molar-refractivity contribution in [3.05, 3.63) is 23.8 Å². The van der Waals surface area contributed by atoms with E-state index in [0.717, 1.165) is 5.56 Å². The molecule has 70 valence electrons. The smallest absolute Gasteiger partial charge is 0.249 e. The summed E-state index contributed by atoms with van der Waals surface area (Å²) in [7, 11) is 0. The molecular formula is C9H11NO3. The molecule has 0 saturated heterocycles. The van der Waals surface area contributed by atoms with E-state index in [2.05, 4.69) is 5.48 Å². The number of rotatable bonds is 2. The largest absolute Gasteiger partial charge is 0.504 e. The van der Waals surface area contributed by atoms with Gasteiger partial charge in [0.05, 0.1) is 0 Å². The minimum Gasteiger partial charge on any atom is -0.504 e. The molecule has 0 saturated carbocycles. The molecule has 0 unspecified atom stereocenters. The predicted molar refractivity (Wildman–Crippen MR) is 47.3 cm³/mol. The summed E-state index contributed by atoms with van der Waals surface area (Å²) in [5.74, 6) is -0.0745. The molecule has 0 bridgehead atoms. The average Bonchev–Trinajstić information content (AvgIpc) is 2.02. The van der Waals surface area contributed by atoms with Crippen molar-refractivity contribution < 1.29 is 14.7 Å². The van der Waals surface area contributed by atoms with Crippen LogP contribution >= 0.6 is 0 Å². The lowest BCUT2D eigenvalue weighted by molar-refractivity contribution is -0.125.